The van der Waals surface area contributed by atoms with Gasteiger partial charge in [-0.2, -0.15) is 0 Å². The van der Waals surface area contributed by atoms with E-state index in [1.54, 1.807) is 0 Å². The minimum atomic E-state index is 0.717. The Kier molecular flexibility index (Phi) is 2.64. The molecule has 15 heavy (non-hydrogen) atoms. The maximum absolute atomic E-state index is 6.11. The van der Waals surface area contributed by atoms with Gasteiger partial charge in [-0.1, -0.05) is 29.8 Å². The summed E-state index contributed by atoms with van der Waals surface area (Å²) in [5.41, 5.74) is 2.85. The molecule has 0 aliphatic carbocycles. The molecule has 0 aliphatic rings. The summed E-state index contributed by atoms with van der Waals surface area (Å²) in [6.45, 7) is 1.98. The number of anilines is 1. The van der Waals surface area contributed by atoms with Crippen molar-refractivity contribution in [3.63, 3.8) is 0 Å². The first-order chi connectivity index (χ1) is 7.22. The molecule has 0 radical (unpaired) electrons. The van der Waals surface area contributed by atoms with Crippen LogP contribution in [-0.4, -0.2) is 17.0 Å². The van der Waals surface area contributed by atoms with Crippen molar-refractivity contribution in [3.05, 3.63) is 35.0 Å². The second-order valence-corrected chi connectivity index (χ2v) is 3.70. The van der Waals surface area contributed by atoms with Crippen LogP contribution in [0.5, 0.6) is 0 Å². The second-order valence-electron chi connectivity index (χ2n) is 3.29. The lowest BCUT2D eigenvalue weighted by atomic mass is 10.1. The van der Waals surface area contributed by atoms with Crippen molar-refractivity contribution in [2.45, 2.75) is 6.92 Å². The van der Waals surface area contributed by atoms with E-state index in [1.165, 1.54) is 0 Å². The number of hydrogen-bond acceptors (Lipinski definition) is 2. The molecule has 0 atom stereocenters. The first-order valence-corrected chi connectivity index (χ1v) is 5.09. The fourth-order valence-corrected chi connectivity index (χ4v) is 1.72. The molecule has 0 aliphatic heterocycles. The minimum absolute atomic E-state index is 0.717. The van der Waals surface area contributed by atoms with Gasteiger partial charge in [-0.15, -0.1) is 0 Å². The Labute approximate surface area is 93.5 Å². The smallest absolute Gasteiger partial charge is 0.200 e. The van der Waals surface area contributed by atoms with E-state index in [0.29, 0.717) is 0 Å². The van der Waals surface area contributed by atoms with Crippen LogP contribution in [0, 0.1) is 6.92 Å². The highest BCUT2D eigenvalue weighted by atomic mass is 35.5. The standard InChI is InChI=1S/C11H12ClN3/c1-7-10(15-11(13-2)14-7)8-5-3-4-6-9(8)12/h3-6H,1-2H3,(H2,13,14,15). The van der Waals surface area contributed by atoms with Gasteiger partial charge in [0, 0.05) is 18.3 Å². The van der Waals surface area contributed by atoms with Crippen LogP contribution < -0.4 is 5.32 Å². The fraction of sp³-hybridized carbons (Fsp3) is 0.182. The van der Waals surface area contributed by atoms with Gasteiger partial charge >= 0.3 is 0 Å². The van der Waals surface area contributed by atoms with Gasteiger partial charge in [-0.25, -0.2) is 4.98 Å². The van der Waals surface area contributed by atoms with Crippen molar-refractivity contribution in [1.82, 2.24) is 9.97 Å². The molecule has 0 fully saturated rings. The Morgan fingerprint density at radius 3 is 2.67 bits per heavy atom. The molecule has 2 N–H and O–H groups in total. The lowest BCUT2D eigenvalue weighted by Crippen LogP contribution is -1.89. The number of halogens is 1. The zero-order valence-corrected chi connectivity index (χ0v) is 9.39. The van der Waals surface area contributed by atoms with E-state index in [9.17, 15) is 0 Å². The highest BCUT2D eigenvalue weighted by Crippen LogP contribution is 2.29. The number of benzene rings is 1. The molecule has 2 aromatic rings. The SMILES string of the molecule is CNc1nc(-c2ccccc2Cl)c(C)[nH]1. The normalized spacial score (nSPS) is 10.3. The summed E-state index contributed by atoms with van der Waals surface area (Å²) in [4.78, 5) is 7.55. The van der Waals surface area contributed by atoms with Gasteiger partial charge in [0.15, 0.2) is 0 Å². The third kappa shape index (κ3) is 1.83. The van der Waals surface area contributed by atoms with Gasteiger partial charge in [0.05, 0.1) is 10.7 Å². The largest absolute Gasteiger partial charge is 0.359 e. The summed E-state index contributed by atoms with van der Waals surface area (Å²) in [5.74, 6) is 0.752. The summed E-state index contributed by atoms with van der Waals surface area (Å²) in [7, 11) is 1.83. The van der Waals surface area contributed by atoms with E-state index < -0.39 is 0 Å². The molecule has 0 amide bonds. The Bertz CT molecular complexity index is 476. The number of nitrogens with zero attached hydrogens (tertiary/aromatic N) is 1. The molecular weight excluding hydrogens is 210 g/mol. The summed E-state index contributed by atoms with van der Waals surface area (Å²) >= 11 is 6.11. The van der Waals surface area contributed by atoms with Crippen molar-refractivity contribution in [3.8, 4) is 11.3 Å². The van der Waals surface area contributed by atoms with Crippen LogP contribution >= 0.6 is 11.6 Å². The Hall–Kier alpha value is -1.48. The maximum Gasteiger partial charge on any atom is 0.200 e. The van der Waals surface area contributed by atoms with Crippen molar-refractivity contribution in [2.75, 3.05) is 12.4 Å². The van der Waals surface area contributed by atoms with Gasteiger partial charge in [0.2, 0.25) is 5.95 Å². The number of rotatable bonds is 2. The predicted octanol–water partition coefficient (Wildman–Crippen LogP) is 3.08. The van der Waals surface area contributed by atoms with Gasteiger partial charge in [-0.3, -0.25) is 0 Å². The van der Waals surface area contributed by atoms with Crippen LogP contribution in [0.25, 0.3) is 11.3 Å². The van der Waals surface area contributed by atoms with Gasteiger partial charge in [0.1, 0.15) is 0 Å². The van der Waals surface area contributed by atoms with E-state index in [-0.39, 0.29) is 0 Å². The molecule has 0 saturated carbocycles. The lowest BCUT2D eigenvalue weighted by Gasteiger charge is -2.00. The van der Waals surface area contributed by atoms with Crippen LogP contribution in [0.3, 0.4) is 0 Å². The zero-order valence-electron chi connectivity index (χ0n) is 8.63. The molecule has 2 rings (SSSR count). The molecule has 1 heterocycles. The first kappa shape index (κ1) is 10.1. The van der Waals surface area contributed by atoms with Crippen LogP contribution in [0.4, 0.5) is 5.95 Å². The van der Waals surface area contributed by atoms with Crippen LogP contribution in [0.1, 0.15) is 5.69 Å². The second kappa shape index (κ2) is 3.95. The van der Waals surface area contributed by atoms with Crippen LogP contribution in [-0.2, 0) is 0 Å². The van der Waals surface area contributed by atoms with Crippen LogP contribution in [0.15, 0.2) is 24.3 Å². The number of H-pyrrole nitrogens is 1. The average Bonchev–Trinajstić information content (AvgIpc) is 2.60. The highest BCUT2D eigenvalue weighted by molar-refractivity contribution is 6.33. The molecule has 0 bridgehead atoms. The summed E-state index contributed by atoms with van der Waals surface area (Å²) in [6.07, 6.45) is 0. The van der Waals surface area contributed by atoms with Crippen molar-refractivity contribution < 1.29 is 0 Å². The minimum Gasteiger partial charge on any atom is -0.359 e. The monoisotopic (exact) mass is 221 g/mol. The molecule has 0 saturated heterocycles. The Balaban J connectivity index is 2.54. The summed E-state index contributed by atoms with van der Waals surface area (Å²) in [5, 5.41) is 3.69. The van der Waals surface area contributed by atoms with Crippen LogP contribution in [0.2, 0.25) is 5.02 Å². The maximum atomic E-state index is 6.11. The highest BCUT2D eigenvalue weighted by Gasteiger charge is 2.10. The van der Waals surface area contributed by atoms with Gasteiger partial charge in [0.25, 0.3) is 0 Å². The number of imidazole rings is 1. The predicted molar refractivity (Wildman–Crippen MR) is 63.3 cm³/mol. The quantitative estimate of drug-likeness (QED) is 0.818. The van der Waals surface area contributed by atoms with Gasteiger partial charge in [-0.05, 0) is 13.0 Å². The molecule has 78 valence electrons. The molecule has 4 heteroatoms. The van der Waals surface area contributed by atoms with Crippen molar-refractivity contribution >= 4 is 17.5 Å². The van der Waals surface area contributed by atoms with Crippen molar-refractivity contribution in [1.29, 1.82) is 0 Å². The molecular formula is C11H12ClN3. The number of aryl methyl sites for hydroxylation is 1. The summed E-state index contributed by atoms with van der Waals surface area (Å²) < 4.78 is 0. The third-order valence-electron chi connectivity index (χ3n) is 2.25. The fourth-order valence-electron chi connectivity index (χ4n) is 1.49. The van der Waals surface area contributed by atoms with E-state index in [1.807, 2.05) is 38.2 Å². The average molecular weight is 222 g/mol. The molecule has 3 nitrogen and oxygen atoms in total. The van der Waals surface area contributed by atoms with Crippen molar-refractivity contribution in [2.24, 2.45) is 0 Å². The Morgan fingerprint density at radius 1 is 1.33 bits per heavy atom. The molecule has 0 spiro atoms. The van der Waals surface area contributed by atoms with E-state index in [0.717, 1.165) is 27.9 Å². The van der Waals surface area contributed by atoms with Gasteiger partial charge < -0.3 is 10.3 Å². The number of aromatic nitrogens is 2. The summed E-state index contributed by atoms with van der Waals surface area (Å²) in [6, 6.07) is 7.69. The lowest BCUT2D eigenvalue weighted by molar-refractivity contribution is 1.23. The number of aromatic amines is 1. The number of hydrogen-bond donors (Lipinski definition) is 2. The van der Waals surface area contributed by atoms with E-state index in [4.69, 9.17) is 11.6 Å². The topological polar surface area (TPSA) is 40.7 Å². The van der Waals surface area contributed by atoms with E-state index in [2.05, 4.69) is 15.3 Å². The first-order valence-electron chi connectivity index (χ1n) is 4.71. The zero-order chi connectivity index (χ0) is 10.8. The molecule has 1 aromatic carbocycles. The molecule has 1 aromatic heterocycles. The Morgan fingerprint density at radius 2 is 2.07 bits per heavy atom. The third-order valence-corrected chi connectivity index (χ3v) is 2.58. The van der Waals surface area contributed by atoms with E-state index >= 15 is 0 Å². The molecule has 0 unspecified atom stereocenters. The number of nitrogens with one attached hydrogen (secondary N) is 2.